The van der Waals surface area contributed by atoms with E-state index in [0.717, 1.165) is 30.8 Å². The van der Waals surface area contributed by atoms with E-state index in [2.05, 4.69) is 87.3 Å². The summed E-state index contributed by atoms with van der Waals surface area (Å²) in [5, 5.41) is 7.88. The van der Waals surface area contributed by atoms with Crippen LogP contribution in [0.25, 0.3) is 10.8 Å². The lowest BCUT2D eigenvalue weighted by molar-refractivity contribution is -0.126. The molecule has 1 aliphatic rings. The zero-order valence-electron chi connectivity index (χ0n) is 21.2. The summed E-state index contributed by atoms with van der Waals surface area (Å²) in [7, 11) is 0. The molecule has 0 aromatic heterocycles. The van der Waals surface area contributed by atoms with Crippen molar-refractivity contribution < 1.29 is 9.59 Å². The minimum absolute atomic E-state index is 0.0780. The molecular weight excluding hydrogens is 480 g/mol. The highest BCUT2D eigenvalue weighted by Crippen LogP contribution is 2.33. The molecule has 1 aliphatic heterocycles. The molecule has 6 nitrogen and oxygen atoms in total. The van der Waals surface area contributed by atoms with Gasteiger partial charge in [0.05, 0.1) is 19.6 Å². The van der Waals surface area contributed by atoms with Crippen LogP contribution >= 0.6 is 11.9 Å². The summed E-state index contributed by atoms with van der Waals surface area (Å²) < 4.78 is 2.17. The van der Waals surface area contributed by atoms with Crippen molar-refractivity contribution in [2.75, 3.05) is 32.7 Å². The Balaban J connectivity index is 1.39. The van der Waals surface area contributed by atoms with E-state index in [4.69, 9.17) is 6.42 Å². The van der Waals surface area contributed by atoms with Gasteiger partial charge in [-0.1, -0.05) is 66.6 Å². The molecule has 0 bridgehead atoms. The summed E-state index contributed by atoms with van der Waals surface area (Å²) in [6, 6.07) is 25.8. The summed E-state index contributed by atoms with van der Waals surface area (Å²) in [5.74, 6) is 1.90. The van der Waals surface area contributed by atoms with Gasteiger partial charge in [-0.3, -0.25) is 14.5 Å². The average Bonchev–Trinajstić information content (AvgIpc) is 2.94. The fraction of sp³-hybridized carbons (Fsp3) is 0.333. The molecule has 1 heterocycles. The van der Waals surface area contributed by atoms with Crippen LogP contribution in [0, 0.1) is 12.3 Å². The van der Waals surface area contributed by atoms with Crippen molar-refractivity contribution >= 4 is 34.5 Å². The Kier molecular flexibility index (Phi) is 9.61. The number of nitrogens with one attached hydrogen (secondary N) is 2. The molecule has 1 saturated heterocycles. The molecule has 3 aromatic carbocycles. The van der Waals surface area contributed by atoms with Crippen molar-refractivity contribution in [2.45, 2.75) is 36.7 Å². The number of benzene rings is 3. The zero-order chi connectivity index (χ0) is 26.0. The number of hydrogen-bond donors (Lipinski definition) is 2. The number of nitrogens with zero attached hydrogens (tertiary/aromatic N) is 2. The molecule has 0 aliphatic carbocycles. The van der Waals surface area contributed by atoms with Gasteiger partial charge in [-0.25, -0.2) is 4.31 Å². The molecule has 0 spiro atoms. The number of piperidine rings is 1. The Morgan fingerprint density at radius 1 is 1.00 bits per heavy atom. The third-order valence-electron chi connectivity index (χ3n) is 6.83. The molecule has 3 aromatic rings. The summed E-state index contributed by atoms with van der Waals surface area (Å²) in [5.41, 5.74) is 1.36. The quantitative estimate of drug-likeness (QED) is 0.313. The molecule has 2 N–H and O–H groups in total. The average molecular weight is 515 g/mol. The van der Waals surface area contributed by atoms with E-state index in [1.807, 2.05) is 18.2 Å². The van der Waals surface area contributed by atoms with Crippen molar-refractivity contribution in [2.24, 2.45) is 0 Å². The second-order valence-corrected chi connectivity index (χ2v) is 10.4. The Hall–Kier alpha value is -3.31. The summed E-state index contributed by atoms with van der Waals surface area (Å²) in [4.78, 5) is 28.2. The van der Waals surface area contributed by atoms with E-state index in [1.165, 1.54) is 16.3 Å². The number of likely N-dealkylation sites (tertiary alicyclic amines) is 1. The van der Waals surface area contributed by atoms with Gasteiger partial charge >= 0.3 is 0 Å². The molecule has 7 heteroatoms. The third-order valence-corrected chi connectivity index (χ3v) is 7.97. The highest BCUT2D eigenvalue weighted by molar-refractivity contribution is 7.97. The van der Waals surface area contributed by atoms with Crippen LogP contribution in [-0.4, -0.2) is 59.8 Å². The number of amides is 2. The minimum atomic E-state index is -0.288. The van der Waals surface area contributed by atoms with Crippen molar-refractivity contribution in [3.63, 3.8) is 0 Å². The minimum Gasteiger partial charge on any atom is -0.346 e. The van der Waals surface area contributed by atoms with Crippen molar-refractivity contribution in [1.82, 2.24) is 19.8 Å². The number of rotatable bonds is 10. The van der Waals surface area contributed by atoms with Gasteiger partial charge in [-0.15, -0.1) is 6.42 Å². The summed E-state index contributed by atoms with van der Waals surface area (Å²) >= 11 is 1.61. The van der Waals surface area contributed by atoms with E-state index < -0.39 is 0 Å². The number of carbonyl (C=O) groups is 2. The molecule has 4 rings (SSSR count). The first-order chi connectivity index (χ1) is 18.0. The zero-order valence-corrected chi connectivity index (χ0v) is 22.0. The van der Waals surface area contributed by atoms with Crippen LogP contribution in [0.1, 0.15) is 31.4 Å². The molecule has 1 fully saturated rings. The van der Waals surface area contributed by atoms with Gasteiger partial charge in [0, 0.05) is 30.1 Å². The summed E-state index contributed by atoms with van der Waals surface area (Å²) in [6.45, 7) is 4.49. The van der Waals surface area contributed by atoms with Crippen LogP contribution in [0.4, 0.5) is 0 Å². The first-order valence-corrected chi connectivity index (χ1v) is 13.5. The molecule has 2 amide bonds. The molecule has 1 atom stereocenters. The van der Waals surface area contributed by atoms with Gasteiger partial charge in [0.25, 0.3) is 0 Å². The standard InChI is InChI=1S/C30H34N4O2S/c1-3-18-31-29(35)21-32-30(36)22-34(37-26-12-5-4-6-13-26)25-16-19-33(20-17-25)23(2)27-15-9-11-24-10-7-8-14-28(24)27/h1,4-15,23,25H,16-22H2,2H3,(H,31,35)(H,32,36). The highest BCUT2D eigenvalue weighted by Gasteiger charge is 2.29. The Bertz CT molecular complexity index is 1230. The van der Waals surface area contributed by atoms with Crippen LogP contribution in [0.2, 0.25) is 0 Å². The van der Waals surface area contributed by atoms with Gasteiger partial charge in [0.1, 0.15) is 0 Å². The monoisotopic (exact) mass is 514 g/mol. The van der Waals surface area contributed by atoms with E-state index in [9.17, 15) is 9.59 Å². The smallest absolute Gasteiger partial charge is 0.240 e. The summed E-state index contributed by atoms with van der Waals surface area (Å²) in [6.07, 6.45) is 7.10. The number of fused-ring (bicyclic) bond motifs is 1. The fourth-order valence-corrected chi connectivity index (χ4v) is 5.90. The SMILES string of the molecule is C#CCNC(=O)CNC(=O)CN(Sc1ccccc1)C1CCN(C(C)c2cccc3ccccc23)CC1. The lowest BCUT2D eigenvalue weighted by Crippen LogP contribution is -2.47. The van der Waals surface area contributed by atoms with Gasteiger partial charge in [-0.2, -0.15) is 0 Å². The second-order valence-electron chi connectivity index (χ2n) is 9.25. The Morgan fingerprint density at radius 2 is 1.70 bits per heavy atom. The molecule has 0 saturated carbocycles. The van der Waals surface area contributed by atoms with Crippen LogP contribution in [0.3, 0.4) is 0 Å². The van der Waals surface area contributed by atoms with Crippen molar-refractivity contribution in [1.29, 1.82) is 0 Å². The van der Waals surface area contributed by atoms with Crippen LogP contribution in [0.15, 0.2) is 77.7 Å². The number of hydrogen-bond acceptors (Lipinski definition) is 5. The second kappa shape index (κ2) is 13.3. The molecule has 0 radical (unpaired) electrons. The van der Waals surface area contributed by atoms with E-state index in [-0.39, 0.29) is 37.5 Å². The Morgan fingerprint density at radius 3 is 2.46 bits per heavy atom. The maximum atomic E-state index is 12.7. The van der Waals surface area contributed by atoms with Crippen molar-refractivity contribution in [3.8, 4) is 12.3 Å². The van der Waals surface area contributed by atoms with Crippen LogP contribution in [-0.2, 0) is 9.59 Å². The maximum absolute atomic E-state index is 12.7. The highest BCUT2D eigenvalue weighted by atomic mass is 32.2. The largest absolute Gasteiger partial charge is 0.346 e. The first-order valence-electron chi connectivity index (χ1n) is 12.7. The lowest BCUT2D eigenvalue weighted by atomic mass is 9.96. The lowest BCUT2D eigenvalue weighted by Gasteiger charge is -2.40. The molecule has 192 valence electrons. The van der Waals surface area contributed by atoms with Crippen LogP contribution in [0.5, 0.6) is 0 Å². The Labute approximate surface area is 223 Å². The molecule has 1 unspecified atom stereocenters. The topological polar surface area (TPSA) is 64.7 Å². The van der Waals surface area contributed by atoms with Gasteiger partial charge < -0.3 is 10.6 Å². The normalized spacial score (nSPS) is 15.3. The van der Waals surface area contributed by atoms with E-state index in [0.29, 0.717) is 6.04 Å². The predicted molar refractivity (Wildman–Crippen MR) is 151 cm³/mol. The predicted octanol–water partition coefficient (Wildman–Crippen LogP) is 4.24. The van der Waals surface area contributed by atoms with Gasteiger partial charge in [0.2, 0.25) is 11.8 Å². The molecular formula is C30H34N4O2S. The number of carbonyl (C=O) groups excluding carboxylic acids is 2. The van der Waals surface area contributed by atoms with Crippen molar-refractivity contribution in [3.05, 3.63) is 78.4 Å². The van der Waals surface area contributed by atoms with Gasteiger partial charge in [0.15, 0.2) is 0 Å². The van der Waals surface area contributed by atoms with E-state index >= 15 is 0 Å². The first kappa shape index (κ1) is 26.7. The van der Waals surface area contributed by atoms with E-state index in [1.54, 1.807) is 11.9 Å². The van der Waals surface area contributed by atoms with Gasteiger partial charge in [-0.05, 0) is 60.2 Å². The maximum Gasteiger partial charge on any atom is 0.240 e. The van der Waals surface area contributed by atoms with Crippen LogP contribution < -0.4 is 10.6 Å². The molecule has 37 heavy (non-hydrogen) atoms. The number of terminal acetylenes is 1. The fourth-order valence-electron chi connectivity index (χ4n) is 4.81. The third kappa shape index (κ3) is 7.36.